The Labute approximate surface area is 116 Å². The molecule has 0 saturated carbocycles. The number of hydrogen-bond donors (Lipinski definition) is 2. The molecular weight excluding hydrogens is 290 g/mol. The second-order valence-electron chi connectivity index (χ2n) is 5.21. The van der Waals surface area contributed by atoms with Crippen LogP contribution in [0.3, 0.4) is 0 Å². The largest absolute Gasteiger partial charge is 0.394 e. The molecule has 0 aromatic heterocycles. The number of nitrogens with two attached hydrogens (primary N) is 1. The van der Waals surface area contributed by atoms with Crippen LogP contribution in [0, 0.1) is 11.6 Å². The zero-order valence-electron chi connectivity index (χ0n) is 10.9. The van der Waals surface area contributed by atoms with Gasteiger partial charge in [0.2, 0.25) is 10.0 Å². The number of β-amino-alcohol motifs (C(OH)–C–C–N with tert-alkyl or cyclic N) is 1. The zero-order valence-corrected chi connectivity index (χ0v) is 11.8. The number of sulfonamides is 1. The Morgan fingerprint density at radius 3 is 2.65 bits per heavy atom. The van der Waals surface area contributed by atoms with Gasteiger partial charge in [0.15, 0.2) is 5.82 Å². The van der Waals surface area contributed by atoms with Crippen molar-refractivity contribution in [3.63, 3.8) is 0 Å². The highest BCUT2D eigenvalue weighted by atomic mass is 32.2. The van der Waals surface area contributed by atoms with Crippen LogP contribution in [0.15, 0.2) is 17.0 Å². The minimum Gasteiger partial charge on any atom is -0.394 e. The molecule has 0 amide bonds. The van der Waals surface area contributed by atoms with E-state index >= 15 is 0 Å². The van der Waals surface area contributed by atoms with Gasteiger partial charge in [-0.15, -0.1) is 0 Å². The van der Waals surface area contributed by atoms with E-state index in [0.717, 1.165) is 16.4 Å². The summed E-state index contributed by atoms with van der Waals surface area (Å²) in [6.45, 7) is 1.56. The first-order valence-electron chi connectivity index (χ1n) is 6.11. The third-order valence-corrected chi connectivity index (χ3v) is 5.21. The fourth-order valence-corrected chi connectivity index (χ4v) is 3.94. The first-order valence-corrected chi connectivity index (χ1v) is 7.55. The van der Waals surface area contributed by atoms with Crippen LogP contribution in [0.1, 0.15) is 19.8 Å². The van der Waals surface area contributed by atoms with Gasteiger partial charge in [0, 0.05) is 13.1 Å². The number of anilines is 1. The van der Waals surface area contributed by atoms with Gasteiger partial charge >= 0.3 is 0 Å². The van der Waals surface area contributed by atoms with Gasteiger partial charge in [0.25, 0.3) is 0 Å². The molecule has 8 heteroatoms. The minimum absolute atomic E-state index is 0.133. The predicted molar refractivity (Wildman–Crippen MR) is 69.4 cm³/mol. The van der Waals surface area contributed by atoms with E-state index in [2.05, 4.69) is 0 Å². The SMILES string of the molecule is CC1(O)CCCN(S(=O)(=O)c2ccc(F)c(N)c2F)C1. The maximum Gasteiger partial charge on any atom is 0.246 e. The summed E-state index contributed by atoms with van der Waals surface area (Å²) in [5.74, 6) is -2.30. The molecule has 1 atom stereocenters. The Morgan fingerprint density at radius 1 is 1.40 bits per heavy atom. The average molecular weight is 306 g/mol. The molecule has 112 valence electrons. The van der Waals surface area contributed by atoms with E-state index in [0.29, 0.717) is 12.8 Å². The molecule has 0 bridgehead atoms. The summed E-state index contributed by atoms with van der Waals surface area (Å²) in [6.07, 6.45) is 0.928. The van der Waals surface area contributed by atoms with E-state index < -0.39 is 37.8 Å². The van der Waals surface area contributed by atoms with Crippen LogP contribution < -0.4 is 5.73 Å². The molecule has 1 heterocycles. The van der Waals surface area contributed by atoms with E-state index in [1.807, 2.05) is 0 Å². The van der Waals surface area contributed by atoms with Gasteiger partial charge in [-0.05, 0) is 31.9 Å². The highest BCUT2D eigenvalue weighted by Crippen LogP contribution is 2.29. The number of aliphatic hydroxyl groups is 1. The zero-order chi connectivity index (χ0) is 15.1. The van der Waals surface area contributed by atoms with Crippen LogP contribution in [-0.4, -0.2) is 36.5 Å². The van der Waals surface area contributed by atoms with Crippen LogP contribution in [0.5, 0.6) is 0 Å². The summed E-state index contributed by atoms with van der Waals surface area (Å²) in [6, 6.07) is 1.66. The number of rotatable bonds is 2. The van der Waals surface area contributed by atoms with Crippen LogP contribution in [-0.2, 0) is 10.0 Å². The number of hydrogen-bond acceptors (Lipinski definition) is 4. The third kappa shape index (κ3) is 2.63. The highest BCUT2D eigenvalue weighted by Gasteiger charge is 2.37. The standard InChI is InChI=1S/C12H16F2N2O3S/c1-12(17)5-2-6-16(7-12)20(18,19)9-4-3-8(13)11(15)10(9)14/h3-4,17H,2,5-7,15H2,1H3. The van der Waals surface area contributed by atoms with Crippen LogP contribution in [0.4, 0.5) is 14.5 Å². The monoisotopic (exact) mass is 306 g/mol. The molecule has 1 fully saturated rings. The predicted octanol–water partition coefficient (Wildman–Crippen LogP) is 1.08. The fraction of sp³-hybridized carbons (Fsp3) is 0.500. The lowest BCUT2D eigenvalue weighted by Crippen LogP contribution is -2.48. The summed E-state index contributed by atoms with van der Waals surface area (Å²) >= 11 is 0. The van der Waals surface area contributed by atoms with Gasteiger partial charge in [0.05, 0.1) is 5.60 Å². The molecule has 5 nitrogen and oxygen atoms in total. The Balaban J connectivity index is 2.43. The molecule has 1 unspecified atom stereocenters. The number of piperidine rings is 1. The van der Waals surface area contributed by atoms with E-state index in [4.69, 9.17) is 5.73 Å². The molecule has 20 heavy (non-hydrogen) atoms. The summed E-state index contributed by atoms with van der Waals surface area (Å²) in [7, 11) is -4.15. The first-order chi connectivity index (χ1) is 9.15. The van der Waals surface area contributed by atoms with E-state index in [9.17, 15) is 22.3 Å². The van der Waals surface area contributed by atoms with Gasteiger partial charge in [-0.1, -0.05) is 0 Å². The minimum atomic E-state index is -4.15. The van der Waals surface area contributed by atoms with Gasteiger partial charge in [-0.25, -0.2) is 17.2 Å². The molecule has 3 N–H and O–H groups in total. The maximum atomic E-state index is 13.9. The summed E-state index contributed by atoms with van der Waals surface area (Å²) in [5, 5.41) is 9.94. The fourth-order valence-electron chi connectivity index (χ4n) is 2.27. The smallest absolute Gasteiger partial charge is 0.246 e. The van der Waals surface area contributed by atoms with E-state index in [1.54, 1.807) is 0 Å². The molecule has 1 aromatic rings. The van der Waals surface area contributed by atoms with Gasteiger partial charge < -0.3 is 10.8 Å². The molecule has 1 aliphatic heterocycles. The van der Waals surface area contributed by atoms with Gasteiger partial charge in [0.1, 0.15) is 16.4 Å². The van der Waals surface area contributed by atoms with E-state index in [-0.39, 0.29) is 13.1 Å². The number of benzene rings is 1. The molecule has 1 saturated heterocycles. The second kappa shape index (κ2) is 4.94. The molecular formula is C12H16F2N2O3S. The van der Waals surface area contributed by atoms with Crippen LogP contribution in [0.25, 0.3) is 0 Å². The first kappa shape index (κ1) is 15.1. The normalized spacial score (nSPS) is 24.8. The average Bonchev–Trinajstić information content (AvgIpc) is 2.34. The molecule has 0 spiro atoms. The van der Waals surface area contributed by atoms with Crippen molar-refractivity contribution in [3.05, 3.63) is 23.8 Å². The lowest BCUT2D eigenvalue weighted by Gasteiger charge is -2.36. The summed E-state index contributed by atoms with van der Waals surface area (Å²) < 4.78 is 52.7. The Hall–Kier alpha value is -1.25. The Kier molecular flexibility index (Phi) is 3.74. The number of nitrogen functional groups attached to an aromatic ring is 1. The van der Waals surface area contributed by atoms with Gasteiger partial charge in [-0.3, -0.25) is 0 Å². The number of halogens is 2. The lowest BCUT2D eigenvalue weighted by molar-refractivity contribution is 0.00934. The molecule has 0 aliphatic carbocycles. The lowest BCUT2D eigenvalue weighted by atomic mass is 9.97. The van der Waals surface area contributed by atoms with Gasteiger partial charge in [-0.2, -0.15) is 4.31 Å². The molecule has 0 radical (unpaired) electrons. The Bertz CT molecular complexity index is 632. The third-order valence-electron chi connectivity index (χ3n) is 3.35. The summed E-state index contributed by atoms with van der Waals surface area (Å²) in [5.41, 5.74) is 3.20. The Morgan fingerprint density at radius 2 is 2.05 bits per heavy atom. The molecule has 1 aromatic carbocycles. The van der Waals surface area contributed by atoms with Crippen molar-refractivity contribution in [3.8, 4) is 0 Å². The topological polar surface area (TPSA) is 83.6 Å². The highest BCUT2D eigenvalue weighted by molar-refractivity contribution is 7.89. The van der Waals surface area contributed by atoms with Crippen molar-refractivity contribution in [2.75, 3.05) is 18.8 Å². The quantitative estimate of drug-likeness (QED) is 0.801. The molecule has 1 aliphatic rings. The van der Waals surface area contributed by atoms with Crippen LogP contribution in [0.2, 0.25) is 0 Å². The second-order valence-corrected chi connectivity index (χ2v) is 7.12. The van der Waals surface area contributed by atoms with Crippen molar-refractivity contribution < 1.29 is 22.3 Å². The van der Waals surface area contributed by atoms with Crippen molar-refractivity contribution >= 4 is 15.7 Å². The van der Waals surface area contributed by atoms with Crippen molar-refractivity contribution in [2.45, 2.75) is 30.3 Å². The summed E-state index contributed by atoms with van der Waals surface area (Å²) in [4.78, 5) is -0.672. The van der Waals surface area contributed by atoms with Crippen LogP contribution >= 0.6 is 0 Å². The maximum absolute atomic E-state index is 13.9. The van der Waals surface area contributed by atoms with Crippen molar-refractivity contribution in [2.24, 2.45) is 0 Å². The number of nitrogens with zero attached hydrogens (tertiary/aromatic N) is 1. The van der Waals surface area contributed by atoms with Crippen molar-refractivity contribution in [1.82, 2.24) is 4.31 Å². The van der Waals surface area contributed by atoms with Crippen molar-refractivity contribution in [1.29, 1.82) is 0 Å². The molecule has 2 rings (SSSR count). The van der Waals surface area contributed by atoms with E-state index in [1.165, 1.54) is 6.92 Å².